The van der Waals surface area contributed by atoms with Crippen molar-refractivity contribution in [2.45, 2.75) is 38.6 Å². The number of aliphatic hydroxyl groups is 1. The van der Waals surface area contributed by atoms with Gasteiger partial charge in [0.2, 0.25) is 0 Å². The van der Waals surface area contributed by atoms with E-state index in [2.05, 4.69) is 0 Å². The zero-order valence-electron chi connectivity index (χ0n) is 12.3. The van der Waals surface area contributed by atoms with Crippen LogP contribution in [0.15, 0.2) is 18.2 Å². The number of methoxy groups -OCH3 is 1. The van der Waals surface area contributed by atoms with E-state index in [1.165, 1.54) is 0 Å². The van der Waals surface area contributed by atoms with Gasteiger partial charge < -0.3 is 14.7 Å². The van der Waals surface area contributed by atoms with E-state index < -0.39 is 0 Å². The fourth-order valence-electron chi connectivity index (χ4n) is 2.92. The van der Waals surface area contributed by atoms with Crippen molar-refractivity contribution < 1.29 is 14.6 Å². The molecule has 1 amide bonds. The average molecular weight is 277 g/mol. The van der Waals surface area contributed by atoms with E-state index in [9.17, 15) is 9.90 Å². The zero-order valence-corrected chi connectivity index (χ0v) is 12.3. The summed E-state index contributed by atoms with van der Waals surface area (Å²) in [6.45, 7) is 2.35. The first-order chi connectivity index (χ1) is 9.67. The Morgan fingerprint density at radius 2 is 2.10 bits per heavy atom. The van der Waals surface area contributed by atoms with Crippen LogP contribution in [0.4, 0.5) is 0 Å². The molecule has 1 aliphatic carbocycles. The van der Waals surface area contributed by atoms with E-state index in [1.807, 2.05) is 30.0 Å². The molecule has 110 valence electrons. The maximum absolute atomic E-state index is 12.8. The second-order valence-electron chi connectivity index (χ2n) is 5.36. The molecule has 1 fully saturated rings. The van der Waals surface area contributed by atoms with Crippen LogP contribution in [0.1, 0.15) is 41.6 Å². The number of aryl methyl sites for hydroxylation is 1. The molecule has 1 aromatic carbocycles. The van der Waals surface area contributed by atoms with E-state index >= 15 is 0 Å². The Morgan fingerprint density at radius 3 is 2.70 bits per heavy atom. The van der Waals surface area contributed by atoms with E-state index in [-0.39, 0.29) is 18.6 Å². The van der Waals surface area contributed by atoms with Gasteiger partial charge in [0.05, 0.1) is 19.3 Å². The van der Waals surface area contributed by atoms with Crippen molar-refractivity contribution >= 4 is 5.91 Å². The van der Waals surface area contributed by atoms with Gasteiger partial charge in [0, 0.05) is 12.6 Å². The summed E-state index contributed by atoms with van der Waals surface area (Å²) in [4.78, 5) is 14.6. The van der Waals surface area contributed by atoms with Crippen LogP contribution >= 0.6 is 0 Å². The lowest BCUT2D eigenvalue weighted by molar-refractivity contribution is 0.0634. The van der Waals surface area contributed by atoms with Crippen molar-refractivity contribution in [3.05, 3.63) is 29.3 Å². The third kappa shape index (κ3) is 3.12. The largest absolute Gasteiger partial charge is 0.496 e. The summed E-state index contributed by atoms with van der Waals surface area (Å²) in [5.41, 5.74) is 1.62. The van der Waals surface area contributed by atoms with Crippen LogP contribution in [0, 0.1) is 6.92 Å². The van der Waals surface area contributed by atoms with E-state index in [4.69, 9.17) is 4.74 Å². The molecule has 0 atom stereocenters. The van der Waals surface area contributed by atoms with E-state index in [1.54, 1.807) is 7.11 Å². The van der Waals surface area contributed by atoms with Gasteiger partial charge in [-0.1, -0.05) is 24.5 Å². The molecule has 0 heterocycles. The molecule has 1 aromatic rings. The molecule has 1 N–H and O–H groups in total. The first-order valence-corrected chi connectivity index (χ1v) is 7.24. The number of hydrogen-bond donors (Lipinski definition) is 1. The fraction of sp³-hybridized carbons (Fsp3) is 0.562. The molecular formula is C16H23NO3. The maximum atomic E-state index is 12.8. The molecule has 0 saturated heterocycles. The summed E-state index contributed by atoms with van der Waals surface area (Å²) < 4.78 is 5.30. The molecule has 20 heavy (non-hydrogen) atoms. The topological polar surface area (TPSA) is 49.8 Å². The van der Waals surface area contributed by atoms with Gasteiger partial charge in [-0.15, -0.1) is 0 Å². The lowest BCUT2D eigenvalue weighted by atomic mass is 10.1. The first kappa shape index (κ1) is 14.9. The molecular weight excluding hydrogens is 254 g/mol. The van der Waals surface area contributed by atoms with Gasteiger partial charge in [-0.3, -0.25) is 4.79 Å². The number of rotatable bonds is 5. The van der Waals surface area contributed by atoms with Gasteiger partial charge in [-0.25, -0.2) is 0 Å². The molecule has 0 aliphatic heterocycles. The van der Waals surface area contributed by atoms with Crippen LogP contribution in [0.25, 0.3) is 0 Å². The lowest BCUT2D eigenvalue weighted by Crippen LogP contribution is -2.40. The maximum Gasteiger partial charge on any atom is 0.257 e. The first-order valence-electron chi connectivity index (χ1n) is 7.24. The van der Waals surface area contributed by atoms with Crippen molar-refractivity contribution in [1.29, 1.82) is 0 Å². The predicted molar refractivity (Wildman–Crippen MR) is 78.1 cm³/mol. The monoisotopic (exact) mass is 277 g/mol. The minimum Gasteiger partial charge on any atom is -0.496 e. The van der Waals surface area contributed by atoms with Crippen molar-refractivity contribution in [2.75, 3.05) is 20.3 Å². The van der Waals surface area contributed by atoms with Crippen LogP contribution in [-0.2, 0) is 0 Å². The van der Waals surface area contributed by atoms with Crippen molar-refractivity contribution in [3.63, 3.8) is 0 Å². The van der Waals surface area contributed by atoms with Gasteiger partial charge in [-0.05, 0) is 31.9 Å². The molecule has 1 aliphatic rings. The summed E-state index contributed by atoms with van der Waals surface area (Å²) in [7, 11) is 1.58. The highest BCUT2D eigenvalue weighted by molar-refractivity contribution is 5.97. The Kier molecular flexibility index (Phi) is 5.01. The summed E-state index contributed by atoms with van der Waals surface area (Å²) in [5.74, 6) is 0.563. The SMILES string of the molecule is COc1ccc(C)cc1C(=O)N(CCO)C1CCCC1. The average Bonchev–Trinajstić information content (AvgIpc) is 2.98. The molecule has 0 radical (unpaired) electrons. The van der Waals surface area contributed by atoms with Crippen LogP contribution in [-0.4, -0.2) is 42.2 Å². The second-order valence-corrected chi connectivity index (χ2v) is 5.36. The second kappa shape index (κ2) is 6.75. The highest BCUT2D eigenvalue weighted by atomic mass is 16.5. The molecule has 0 unspecified atom stereocenters. The lowest BCUT2D eigenvalue weighted by Gasteiger charge is -2.29. The summed E-state index contributed by atoms with van der Waals surface area (Å²) in [5, 5.41) is 9.25. The highest BCUT2D eigenvalue weighted by Gasteiger charge is 2.28. The number of benzene rings is 1. The standard InChI is InChI=1S/C16H23NO3/c1-12-7-8-15(20-2)14(11-12)16(19)17(9-10-18)13-5-3-4-6-13/h7-8,11,13,18H,3-6,9-10H2,1-2H3. The van der Waals surface area contributed by atoms with Gasteiger partial charge >= 0.3 is 0 Å². The van der Waals surface area contributed by atoms with Crippen molar-refractivity contribution in [1.82, 2.24) is 4.90 Å². The molecule has 4 nitrogen and oxygen atoms in total. The summed E-state index contributed by atoms with van der Waals surface area (Å²) >= 11 is 0. The number of amides is 1. The number of nitrogens with zero attached hydrogens (tertiary/aromatic N) is 1. The number of carbonyl (C=O) groups is 1. The molecule has 0 bridgehead atoms. The van der Waals surface area contributed by atoms with Gasteiger partial charge in [0.25, 0.3) is 5.91 Å². The third-order valence-electron chi connectivity index (χ3n) is 3.95. The number of ether oxygens (including phenoxy) is 1. The molecule has 2 rings (SSSR count). The number of carbonyl (C=O) groups excluding carboxylic acids is 1. The normalized spacial score (nSPS) is 15.3. The minimum atomic E-state index is -0.0356. The molecule has 0 spiro atoms. The zero-order chi connectivity index (χ0) is 14.5. The molecule has 1 saturated carbocycles. The van der Waals surface area contributed by atoms with E-state index in [0.717, 1.165) is 31.2 Å². The van der Waals surface area contributed by atoms with Gasteiger partial charge in [0.1, 0.15) is 5.75 Å². The smallest absolute Gasteiger partial charge is 0.257 e. The third-order valence-corrected chi connectivity index (χ3v) is 3.95. The Labute approximate surface area is 120 Å². The molecule has 0 aromatic heterocycles. The Hall–Kier alpha value is -1.55. The fourth-order valence-corrected chi connectivity index (χ4v) is 2.92. The Morgan fingerprint density at radius 1 is 1.40 bits per heavy atom. The molecule has 4 heteroatoms. The predicted octanol–water partition coefficient (Wildman–Crippen LogP) is 2.38. The number of hydrogen-bond acceptors (Lipinski definition) is 3. The van der Waals surface area contributed by atoms with Gasteiger partial charge in [0.15, 0.2) is 0 Å². The van der Waals surface area contributed by atoms with Crippen LogP contribution in [0.2, 0.25) is 0 Å². The van der Waals surface area contributed by atoms with E-state index in [0.29, 0.717) is 17.9 Å². The van der Waals surface area contributed by atoms with Crippen molar-refractivity contribution in [2.24, 2.45) is 0 Å². The summed E-state index contributed by atoms with van der Waals surface area (Å²) in [6, 6.07) is 5.87. The summed E-state index contributed by atoms with van der Waals surface area (Å²) in [6.07, 6.45) is 4.37. The number of aliphatic hydroxyl groups excluding tert-OH is 1. The van der Waals surface area contributed by atoms with Crippen LogP contribution in [0.3, 0.4) is 0 Å². The van der Waals surface area contributed by atoms with Crippen LogP contribution < -0.4 is 4.74 Å². The van der Waals surface area contributed by atoms with Gasteiger partial charge in [-0.2, -0.15) is 0 Å². The Bertz CT molecular complexity index is 467. The highest BCUT2D eigenvalue weighted by Crippen LogP contribution is 2.27. The quantitative estimate of drug-likeness (QED) is 0.899. The van der Waals surface area contributed by atoms with Crippen LogP contribution in [0.5, 0.6) is 5.75 Å². The van der Waals surface area contributed by atoms with Crippen molar-refractivity contribution in [3.8, 4) is 5.75 Å². The minimum absolute atomic E-state index is 0.00360. The Balaban J connectivity index is 2.28.